The molecule has 6 nitrogen and oxygen atoms in total. The smallest absolute Gasteiger partial charge is 0.259 e. The Bertz CT molecular complexity index is 979. The topological polar surface area (TPSA) is 75.5 Å². The lowest BCUT2D eigenvalue weighted by Gasteiger charge is -2.10. The molecule has 2 heterocycles. The molecule has 3 rings (SSSR count). The Labute approximate surface area is 151 Å². The third-order valence-electron chi connectivity index (χ3n) is 3.85. The molecule has 2 N–H and O–H groups in total. The van der Waals surface area contributed by atoms with Crippen molar-refractivity contribution in [2.75, 3.05) is 10.6 Å². The van der Waals surface area contributed by atoms with E-state index in [0.29, 0.717) is 30.3 Å². The van der Waals surface area contributed by atoms with E-state index in [1.165, 1.54) is 10.5 Å². The molecule has 1 aromatic carbocycles. The SMILES string of the molecule is CC(C)CC(=O)Nc1cccc(CNc2cc(=O)n3ccccc3n2)c1. The third-order valence-corrected chi connectivity index (χ3v) is 3.85. The minimum Gasteiger partial charge on any atom is -0.366 e. The van der Waals surface area contributed by atoms with E-state index in [-0.39, 0.29) is 11.5 Å². The molecule has 0 unspecified atom stereocenters. The zero-order valence-corrected chi connectivity index (χ0v) is 14.9. The molecule has 26 heavy (non-hydrogen) atoms. The van der Waals surface area contributed by atoms with Crippen LogP contribution >= 0.6 is 0 Å². The molecule has 1 amide bonds. The van der Waals surface area contributed by atoms with Gasteiger partial charge in [-0.2, -0.15) is 0 Å². The standard InChI is InChI=1S/C20H22N4O2/c1-14(2)10-19(25)22-16-7-5-6-15(11-16)13-21-17-12-20(26)24-9-4-3-8-18(24)23-17/h3-9,11-12,14,21H,10,13H2,1-2H3,(H,22,25). The number of carbonyl (C=O) groups excluding carboxylic acids is 1. The van der Waals surface area contributed by atoms with Crippen LogP contribution in [-0.4, -0.2) is 15.3 Å². The average Bonchev–Trinajstić information content (AvgIpc) is 2.59. The molecule has 0 atom stereocenters. The van der Waals surface area contributed by atoms with Crippen molar-refractivity contribution >= 4 is 23.1 Å². The number of pyridine rings is 1. The van der Waals surface area contributed by atoms with Gasteiger partial charge < -0.3 is 10.6 Å². The summed E-state index contributed by atoms with van der Waals surface area (Å²) in [7, 11) is 0. The summed E-state index contributed by atoms with van der Waals surface area (Å²) in [6.45, 7) is 4.53. The quantitative estimate of drug-likeness (QED) is 0.715. The van der Waals surface area contributed by atoms with E-state index in [2.05, 4.69) is 15.6 Å². The number of nitrogens with zero attached hydrogens (tertiary/aromatic N) is 2. The molecule has 0 saturated heterocycles. The van der Waals surface area contributed by atoms with E-state index in [1.807, 2.05) is 44.2 Å². The number of amides is 1. The van der Waals surface area contributed by atoms with E-state index < -0.39 is 0 Å². The van der Waals surface area contributed by atoms with Crippen LogP contribution in [0.25, 0.3) is 5.65 Å². The molecule has 2 aromatic heterocycles. The van der Waals surface area contributed by atoms with Crippen LogP contribution in [0.15, 0.2) is 59.5 Å². The Hall–Kier alpha value is -3.15. The first kappa shape index (κ1) is 17.7. The maximum Gasteiger partial charge on any atom is 0.259 e. The molecule has 134 valence electrons. The van der Waals surface area contributed by atoms with Crippen LogP contribution in [0.4, 0.5) is 11.5 Å². The molecular formula is C20H22N4O2. The van der Waals surface area contributed by atoms with Crippen LogP contribution in [-0.2, 0) is 11.3 Å². The Kier molecular flexibility index (Phi) is 5.31. The maximum atomic E-state index is 12.1. The third kappa shape index (κ3) is 4.47. The van der Waals surface area contributed by atoms with Crippen molar-refractivity contribution in [1.82, 2.24) is 9.38 Å². The average molecular weight is 350 g/mol. The van der Waals surface area contributed by atoms with Crippen LogP contribution in [0.2, 0.25) is 0 Å². The lowest BCUT2D eigenvalue weighted by molar-refractivity contribution is -0.116. The number of hydrogen-bond donors (Lipinski definition) is 2. The Morgan fingerprint density at radius 1 is 1.15 bits per heavy atom. The summed E-state index contributed by atoms with van der Waals surface area (Å²) < 4.78 is 1.50. The second kappa shape index (κ2) is 7.82. The Balaban J connectivity index is 1.69. The summed E-state index contributed by atoms with van der Waals surface area (Å²) in [5, 5.41) is 6.08. The van der Waals surface area contributed by atoms with Crippen molar-refractivity contribution in [2.24, 2.45) is 5.92 Å². The second-order valence-electron chi connectivity index (χ2n) is 6.61. The molecule has 0 aliphatic heterocycles. The van der Waals surface area contributed by atoms with E-state index in [1.54, 1.807) is 18.3 Å². The molecule has 0 spiro atoms. The Morgan fingerprint density at radius 2 is 2.00 bits per heavy atom. The molecular weight excluding hydrogens is 328 g/mol. The van der Waals surface area contributed by atoms with Gasteiger partial charge in [-0.15, -0.1) is 0 Å². The van der Waals surface area contributed by atoms with Gasteiger partial charge in [-0.1, -0.05) is 32.0 Å². The van der Waals surface area contributed by atoms with Gasteiger partial charge in [0.25, 0.3) is 5.56 Å². The number of rotatable bonds is 6. The van der Waals surface area contributed by atoms with Crippen molar-refractivity contribution in [2.45, 2.75) is 26.8 Å². The van der Waals surface area contributed by atoms with Gasteiger partial charge >= 0.3 is 0 Å². The highest BCUT2D eigenvalue weighted by Gasteiger charge is 2.06. The largest absolute Gasteiger partial charge is 0.366 e. The molecule has 0 bridgehead atoms. The van der Waals surface area contributed by atoms with E-state index in [0.717, 1.165) is 11.3 Å². The van der Waals surface area contributed by atoms with Crippen molar-refractivity contribution < 1.29 is 4.79 Å². The molecule has 3 aromatic rings. The van der Waals surface area contributed by atoms with Gasteiger partial charge in [0.05, 0.1) is 0 Å². The first-order valence-corrected chi connectivity index (χ1v) is 8.62. The zero-order valence-electron chi connectivity index (χ0n) is 14.9. The van der Waals surface area contributed by atoms with Gasteiger partial charge in [0, 0.05) is 30.9 Å². The fraction of sp³-hybridized carbons (Fsp3) is 0.250. The molecule has 0 aliphatic rings. The Morgan fingerprint density at radius 3 is 2.81 bits per heavy atom. The van der Waals surface area contributed by atoms with Gasteiger partial charge in [-0.3, -0.25) is 14.0 Å². The van der Waals surface area contributed by atoms with Crippen LogP contribution < -0.4 is 16.2 Å². The molecule has 6 heteroatoms. The lowest BCUT2D eigenvalue weighted by atomic mass is 10.1. The van der Waals surface area contributed by atoms with Gasteiger partial charge in [-0.05, 0) is 35.7 Å². The number of hydrogen-bond acceptors (Lipinski definition) is 4. The van der Waals surface area contributed by atoms with Gasteiger partial charge in [0.1, 0.15) is 11.5 Å². The number of fused-ring (bicyclic) bond motifs is 1. The highest BCUT2D eigenvalue weighted by atomic mass is 16.1. The summed E-state index contributed by atoms with van der Waals surface area (Å²) >= 11 is 0. The number of benzene rings is 1. The summed E-state index contributed by atoms with van der Waals surface area (Å²) in [5.41, 5.74) is 2.22. The monoisotopic (exact) mass is 350 g/mol. The van der Waals surface area contributed by atoms with E-state index in [4.69, 9.17) is 0 Å². The van der Waals surface area contributed by atoms with E-state index >= 15 is 0 Å². The number of anilines is 2. The van der Waals surface area contributed by atoms with Crippen LogP contribution in [0.1, 0.15) is 25.8 Å². The van der Waals surface area contributed by atoms with Crippen LogP contribution in [0.5, 0.6) is 0 Å². The van der Waals surface area contributed by atoms with Gasteiger partial charge in [0.2, 0.25) is 5.91 Å². The number of nitrogens with one attached hydrogen (secondary N) is 2. The second-order valence-corrected chi connectivity index (χ2v) is 6.61. The lowest BCUT2D eigenvalue weighted by Crippen LogP contribution is -2.16. The first-order chi connectivity index (χ1) is 12.5. The van der Waals surface area contributed by atoms with Gasteiger partial charge in [0.15, 0.2) is 0 Å². The fourth-order valence-corrected chi connectivity index (χ4v) is 2.68. The summed E-state index contributed by atoms with van der Waals surface area (Å²) in [6.07, 6.45) is 2.19. The molecule has 0 saturated carbocycles. The minimum absolute atomic E-state index is 0.00864. The molecule has 0 fully saturated rings. The number of aromatic nitrogens is 2. The predicted octanol–water partition coefficient (Wildman–Crippen LogP) is 3.29. The molecule has 0 aliphatic carbocycles. The van der Waals surface area contributed by atoms with E-state index in [9.17, 15) is 9.59 Å². The first-order valence-electron chi connectivity index (χ1n) is 8.62. The summed E-state index contributed by atoms with van der Waals surface area (Å²) in [5.74, 6) is 0.850. The van der Waals surface area contributed by atoms with Gasteiger partial charge in [-0.25, -0.2) is 4.98 Å². The van der Waals surface area contributed by atoms with Crippen molar-refractivity contribution in [1.29, 1.82) is 0 Å². The number of carbonyl (C=O) groups is 1. The minimum atomic E-state index is -0.132. The summed E-state index contributed by atoms with van der Waals surface area (Å²) in [6, 6.07) is 14.5. The zero-order chi connectivity index (χ0) is 18.5. The maximum absolute atomic E-state index is 12.1. The predicted molar refractivity (Wildman–Crippen MR) is 103 cm³/mol. The summed E-state index contributed by atoms with van der Waals surface area (Å²) in [4.78, 5) is 28.4. The van der Waals surface area contributed by atoms with Crippen molar-refractivity contribution in [3.63, 3.8) is 0 Å². The van der Waals surface area contributed by atoms with Crippen LogP contribution in [0, 0.1) is 5.92 Å². The fourth-order valence-electron chi connectivity index (χ4n) is 2.68. The van der Waals surface area contributed by atoms with Crippen LogP contribution in [0.3, 0.4) is 0 Å². The highest BCUT2D eigenvalue weighted by molar-refractivity contribution is 5.90. The van der Waals surface area contributed by atoms with Crippen molar-refractivity contribution in [3.8, 4) is 0 Å². The normalized spacial score (nSPS) is 10.9. The highest BCUT2D eigenvalue weighted by Crippen LogP contribution is 2.14. The van der Waals surface area contributed by atoms with Crippen molar-refractivity contribution in [3.05, 3.63) is 70.6 Å². The molecule has 0 radical (unpaired) electrons.